The van der Waals surface area contributed by atoms with E-state index in [9.17, 15) is 4.79 Å². The Morgan fingerprint density at radius 2 is 1.80 bits per heavy atom. The zero-order chi connectivity index (χ0) is 14.7. The molecule has 2 aromatic rings. The Morgan fingerprint density at radius 1 is 1.20 bits per heavy atom. The molecule has 1 aromatic heterocycles. The standard InChI is InChI=1S/C14H12ClNO4/c1-19-11-6-9(7-12(20-2)13(11)15)10-5-8(14(17)18)3-4-16-10/h3-7H,1-2H3,(H,17,18). The summed E-state index contributed by atoms with van der Waals surface area (Å²) in [5.41, 5.74) is 1.31. The topological polar surface area (TPSA) is 68.7 Å². The Morgan fingerprint density at radius 3 is 2.30 bits per heavy atom. The minimum absolute atomic E-state index is 0.155. The molecular formula is C14H12ClNO4. The van der Waals surface area contributed by atoms with Crippen molar-refractivity contribution in [3.63, 3.8) is 0 Å². The van der Waals surface area contributed by atoms with Crippen LogP contribution >= 0.6 is 11.6 Å². The molecule has 104 valence electrons. The van der Waals surface area contributed by atoms with E-state index in [1.54, 1.807) is 12.1 Å². The second-order valence-corrected chi connectivity index (χ2v) is 4.31. The number of hydrogen-bond donors (Lipinski definition) is 1. The van der Waals surface area contributed by atoms with Crippen LogP contribution in [0.3, 0.4) is 0 Å². The van der Waals surface area contributed by atoms with Crippen molar-refractivity contribution in [2.24, 2.45) is 0 Å². The fraction of sp³-hybridized carbons (Fsp3) is 0.143. The summed E-state index contributed by atoms with van der Waals surface area (Å²) in [5.74, 6) is -0.145. The predicted octanol–water partition coefficient (Wildman–Crippen LogP) is 3.12. The number of aromatic nitrogens is 1. The lowest BCUT2D eigenvalue weighted by Gasteiger charge is -2.11. The summed E-state index contributed by atoms with van der Waals surface area (Å²) in [6.07, 6.45) is 1.44. The van der Waals surface area contributed by atoms with E-state index >= 15 is 0 Å². The van der Waals surface area contributed by atoms with Gasteiger partial charge in [0.05, 0.1) is 25.5 Å². The van der Waals surface area contributed by atoms with Gasteiger partial charge in [0.25, 0.3) is 0 Å². The van der Waals surface area contributed by atoms with Gasteiger partial charge in [0.2, 0.25) is 0 Å². The number of nitrogens with zero attached hydrogens (tertiary/aromatic N) is 1. The highest BCUT2D eigenvalue weighted by atomic mass is 35.5. The molecule has 0 aliphatic carbocycles. The molecule has 0 bridgehead atoms. The van der Waals surface area contributed by atoms with Crippen LogP contribution in [0.25, 0.3) is 11.3 Å². The van der Waals surface area contributed by atoms with E-state index < -0.39 is 5.97 Å². The lowest BCUT2D eigenvalue weighted by Crippen LogP contribution is -1.98. The molecule has 20 heavy (non-hydrogen) atoms. The molecule has 1 heterocycles. The Balaban J connectivity index is 2.57. The molecule has 6 heteroatoms. The van der Waals surface area contributed by atoms with E-state index in [-0.39, 0.29) is 5.56 Å². The van der Waals surface area contributed by atoms with Crippen LogP contribution in [0.4, 0.5) is 0 Å². The number of methoxy groups -OCH3 is 2. The van der Waals surface area contributed by atoms with Crippen LogP contribution in [-0.4, -0.2) is 30.3 Å². The van der Waals surface area contributed by atoms with Crippen molar-refractivity contribution >= 4 is 17.6 Å². The maximum Gasteiger partial charge on any atom is 0.335 e. The number of rotatable bonds is 4. The Labute approximate surface area is 120 Å². The second kappa shape index (κ2) is 5.79. The van der Waals surface area contributed by atoms with Crippen LogP contribution in [0.2, 0.25) is 5.02 Å². The maximum atomic E-state index is 11.0. The molecule has 0 aliphatic rings. The van der Waals surface area contributed by atoms with E-state index in [0.717, 1.165) is 0 Å². The largest absolute Gasteiger partial charge is 0.495 e. The number of ether oxygens (including phenoxy) is 2. The average Bonchev–Trinajstić information content (AvgIpc) is 2.47. The van der Waals surface area contributed by atoms with Gasteiger partial charge in [-0.1, -0.05) is 11.6 Å². The quantitative estimate of drug-likeness (QED) is 0.938. The number of carboxylic acid groups (broad SMARTS) is 1. The zero-order valence-electron chi connectivity index (χ0n) is 10.9. The molecule has 0 saturated carbocycles. The monoisotopic (exact) mass is 293 g/mol. The molecule has 0 unspecified atom stereocenters. The van der Waals surface area contributed by atoms with Crippen LogP contribution in [-0.2, 0) is 0 Å². The van der Waals surface area contributed by atoms with Gasteiger partial charge in [-0.05, 0) is 24.3 Å². The molecule has 1 N–H and O–H groups in total. The summed E-state index contributed by atoms with van der Waals surface area (Å²) < 4.78 is 10.3. The Bertz CT molecular complexity index is 632. The van der Waals surface area contributed by atoms with Crippen molar-refractivity contribution in [3.8, 4) is 22.8 Å². The van der Waals surface area contributed by atoms with Crippen molar-refractivity contribution in [2.45, 2.75) is 0 Å². The lowest BCUT2D eigenvalue weighted by molar-refractivity contribution is 0.0697. The van der Waals surface area contributed by atoms with Crippen LogP contribution in [0.5, 0.6) is 11.5 Å². The third-order valence-electron chi connectivity index (χ3n) is 2.75. The van der Waals surface area contributed by atoms with E-state index in [1.807, 2.05) is 0 Å². The van der Waals surface area contributed by atoms with Crippen molar-refractivity contribution < 1.29 is 19.4 Å². The van der Waals surface area contributed by atoms with Crippen LogP contribution in [0.15, 0.2) is 30.5 Å². The summed E-state index contributed by atoms with van der Waals surface area (Å²) in [5, 5.41) is 9.36. The van der Waals surface area contributed by atoms with E-state index in [4.69, 9.17) is 26.2 Å². The highest BCUT2D eigenvalue weighted by Crippen LogP contribution is 2.38. The molecule has 0 fully saturated rings. The highest BCUT2D eigenvalue weighted by molar-refractivity contribution is 6.33. The Hall–Kier alpha value is -2.27. The van der Waals surface area contributed by atoms with E-state index in [2.05, 4.69) is 4.98 Å². The normalized spacial score (nSPS) is 10.2. The fourth-order valence-corrected chi connectivity index (χ4v) is 2.00. The molecule has 0 aliphatic heterocycles. The second-order valence-electron chi connectivity index (χ2n) is 3.93. The molecule has 0 amide bonds. The van der Waals surface area contributed by atoms with Gasteiger partial charge in [-0.25, -0.2) is 4.79 Å². The SMILES string of the molecule is COc1cc(-c2cc(C(=O)O)ccn2)cc(OC)c1Cl. The van der Waals surface area contributed by atoms with Crippen LogP contribution in [0, 0.1) is 0 Å². The first-order valence-electron chi connectivity index (χ1n) is 5.68. The lowest BCUT2D eigenvalue weighted by atomic mass is 10.1. The maximum absolute atomic E-state index is 11.0. The molecule has 0 spiro atoms. The number of halogens is 1. The van der Waals surface area contributed by atoms with Crippen LogP contribution in [0.1, 0.15) is 10.4 Å². The van der Waals surface area contributed by atoms with Gasteiger partial charge in [0.1, 0.15) is 16.5 Å². The summed E-state index contributed by atoms with van der Waals surface area (Å²) in [6.45, 7) is 0. The van der Waals surface area contributed by atoms with E-state index in [0.29, 0.717) is 27.8 Å². The third kappa shape index (κ3) is 2.67. The van der Waals surface area contributed by atoms with E-state index in [1.165, 1.54) is 32.5 Å². The summed E-state index contributed by atoms with van der Waals surface area (Å²) in [4.78, 5) is 15.1. The molecule has 1 aromatic carbocycles. The van der Waals surface area contributed by atoms with Gasteiger partial charge in [-0.2, -0.15) is 0 Å². The van der Waals surface area contributed by atoms with Crippen molar-refractivity contribution in [1.29, 1.82) is 0 Å². The Kier molecular flexibility index (Phi) is 4.10. The minimum atomic E-state index is -1.01. The zero-order valence-corrected chi connectivity index (χ0v) is 11.6. The number of carbonyl (C=O) groups is 1. The van der Waals surface area contributed by atoms with Gasteiger partial charge in [-0.3, -0.25) is 4.98 Å². The first kappa shape index (κ1) is 14.1. The number of carboxylic acids is 1. The number of aromatic carboxylic acids is 1. The van der Waals surface area contributed by atoms with Crippen molar-refractivity contribution in [1.82, 2.24) is 4.98 Å². The minimum Gasteiger partial charge on any atom is -0.495 e. The number of pyridine rings is 1. The highest BCUT2D eigenvalue weighted by Gasteiger charge is 2.13. The third-order valence-corrected chi connectivity index (χ3v) is 3.12. The first-order chi connectivity index (χ1) is 9.56. The molecule has 0 radical (unpaired) electrons. The summed E-state index contributed by atoms with van der Waals surface area (Å²) in [7, 11) is 2.98. The molecule has 0 saturated heterocycles. The number of benzene rings is 1. The first-order valence-corrected chi connectivity index (χ1v) is 6.06. The molecular weight excluding hydrogens is 282 g/mol. The van der Waals surface area contributed by atoms with Gasteiger partial charge in [0.15, 0.2) is 0 Å². The average molecular weight is 294 g/mol. The van der Waals surface area contributed by atoms with Gasteiger partial charge >= 0.3 is 5.97 Å². The van der Waals surface area contributed by atoms with Gasteiger partial charge in [-0.15, -0.1) is 0 Å². The van der Waals surface area contributed by atoms with Crippen molar-refractivity contribution in [3.05, 3.63) is 41.0 Å². The van der Waals surface area contributed by atoms with Crippen molar-refractivity contribution in [2.75, 3.05) is 14.2 Å². The number of hydrogen-bond acceptors (Lipinski definition) is 4. The molecule has 5 nitrogen and oxygen atoms in total. The summed E-state index contributed by atoms with van der Waals surface area (Å²) >= 11 is 6.09. The molecule has 0 atom stereocenters. The van der Waals surface area contributed by atoms with Gasteiger partial charge in [0, 0.05) is 11.8 Å². The smallest absolute Gasteiger partial charge is 0.335 e. The van der Waals surface area contributed by atoms with Crippen LogP contribution < -0.4 is 9.47 Å². The predicted molar refractivity (Wildman–Crippen MR) is 74.7 cm³/mol. The molecule has 2 rings (SSSR count). The fourth-order valence-electron chi connectivity index (χ4n) is 1.74. The van der Waals surface area contributed by atoms with Gasteiger partial charge < -0.3 is 14.6 Å². The summed E-state index contributed by atoms with van der Waals surface area (Å²) in [6, 6.07) is 6.26.